The number of H-pyrrole nitrogens is 1. The zero-order chi connectivity index (χ0) is 17.9. The summed E-state index contributed by atoms with van der Waals surface area (Å²) in [5.41, 5.74) is 2.55. The normalized spacial score (nSPS) is 19.8. The summed E-state index contributed by atoms with van der Waals surface area (Å²) >= 11 is 0. The molecule has 0 radical (unpaired) electrons. The first kappa shape index (κ1) is 19.3. The van der Waals surface area contributed by atoms with E-state index in [0.717, 1.165) is 39.3 Å². The first-order valence-electron chi connectivity index (χ1n) is 9.51. The fourth-order valence-electron chi connectivity index (χ4n) is 3.03. The van der Waals surface area contributed by atoms with E-state index in [4.69, 9.17) is 18.9 Å². The van der Waals surface area contributed by atoms with Crippen LogP contribution in [0.1, 0.15) is 5.56 Å². The highest BCUT2D eigenvalue weighted by Crippen LogP contribution is 2.14. The summed E-state index contributed by atoms with van der Waals surface area (Å²) in [6.45, 7) is 7.99. The van der Waals surface area contributed by atoms with Gasteiger partial charge in [-0.05, 0) is 35.6 Å². The topological polar surface area (TPSA) is 56.0 Å². The Morgan fingerprint density at radius 2 is 1.38 bits per heavy atom. The Morgan fingerprint density at radius 1 is 0.769 bits per heavy atom. The van der Waals surface area contributed by atoms with Gasteiger partial charge in [0.15, 0.2) is 0 Å². The number of aromatic amines is 1. The van der Waals surface area contributed by atoms with Gasteiger partial charge in [0, 0.05) is 31.3 Å². The largest absolute Gasteiger partial charge is 0.378 e. The van der Waals surface area contributed by atoms with Crippen molar-refractivity contribution in [2.45, 2.75) is 6.42 Å². The number of nitrogens with zero attached hydrogens (tertiary/aromatic N) is 1. The third-order valence-electron chi connectivity index (χ3n) is 4.55. The minimum Gasteiger partial charge on any atom is -0.378 e. The van der Waals surface area contributed by atoms with Crippen LogP contribution < -0.4 is 0 Å². The van der Waals surface area contributed by atoms with E-state index in [1.165, 1.54) is 16.5 Å². The van der Waals surface area contributed by atoms with E-state index >= 15 is 0 Å². The summed E-state index contributed by atoms with van der Waals surface area (Å²) in [5.74, 6) is 0. The van der Waals surface area contributed by atoms with E-state index in [2.05, 4.69) is 34.1 Å². The summed E-state index contributed by atoms with van der Waals surface area (Å²) in [5, 5.41) is 1.27. The molecule has 0 unspecified atom stereocenters. The number of hydrogen-bond donors (Lipinski definition) is 1. The Hall–Kier alpha value is -1.44. The first-order chi connectivity index (χ1) is 12.9. The summed E-state index contributed by atoms with van der Waals surface area (Å²) in [6, 6.07) is 8.74. The van der Waals surface area contributed by atoms with Gasteiger partial charge in [0.1, 0.15) is 0 Å². The van der Waals surface area contributed by atoms with Crippen LogP contribution in [0.2, 0.25) is 0 Å². The van der Waals surface area contributed by atoms with Gasteiger partial charge in [-0.1, -0.05) is 6.07 Å². The molecule has 3 rings (SSSR count). The van der Waals surface area contributed by atoms with Crippen LogP contribution in [0.25, 0.3) is 10.9 Å². The second-order valence-corrected chi connectivity index (χ2v) is 6.44. The van der Waals surface area contributed by atoms with E-state index in [0.29, 0.717) is 39.6 Å². The lowest BCUT2D eigenvalue weighted by Crippen LogP contribution is -2.33. The van der Waals surface area contributed by atoms with Crippen molar-refractivity contribution in [3.63, 3.8) is 0 Å². The number of nitrogens with one attached hydrogen (secondary N) is 1. The predicted octanol–water partition coefficient (Wildman–Crippen LogP) is 2.09. The maximum atomic E-state index is 5.69. The second-order valence-electron chi connectivity index (χ2n) is 6.44. The third-order valence-corrected chi connectivity index (χ3v) is 4.55. The van der Waals surface area contributed by atoms with Crippen LogP contribution in [0, 0.1) is 0 Å². The SMILES string of the molecule is c1cc2cc(CCN3CCOCCOCCOCCOCC3)ccc2[nH]1. The molecule has 0 spiro atoms. The number of aromatic nitrogens is 1. The van der Waals surface area contributed by atoms with Crippen molar-refractivity contribution in [3.05, 3.63) is 36.0 Å². The quantitative estimate of drug-likeness (QED) is 0.906. The third kappa shape index (κ3) is 6.70. The minimum absolute atomic E-state index is 0.612. The molecule has 1 N–H and O–H groups in total. The van der Waals surface area contributed by atoms with Crippen LogP contribution in [0.15, 0.2) is 30.5 Å². The van der Waals surface area contributed by atoms with Gasteiger partial charge in [-0.3, -0.25) is 4.90 Å². The monoisotopic (exact) mass is 362 g/mol. The molecule has 2 aromatic rings. The molecule has 0 aliphatic carbocycles. The Kier molecular flexibility index (Phi) is 8.41. The van der Waals surface area contributed by atoms with Crippen molar-refractivity contribution < 1.29 is 18.9 Å². The predicted molar refractivity (Wildman–Crippen MR) is 102 cm³/mol. The van der Waals surface area contributed by atoms with Gasteiger partial charge in [0.05, 0.1) is 52.9 Å². The van der Waals surface area contributed by atoms with E-state index in [-0.39, 0.29) is 0 Å². The zero-order valence-corrected chi connectivity index (χ0v) is 15.5. The van der Waals surface area contributed by atoms with Crippen molar-refractivity contribution in [1.29, 1.82) is 0 Å². The average Bonchev–Trinajstić information content (AvgIpc) is 3.12. The van der Waals surface area contributed by atoms with E-state index < -0.39 is 0 Å². The van der Waals surface area contributed by atoms with Crippen molar-refractivity contribution in [3.8, 4) is 0 Å². The molecule has 0 amide bonds. The first-order valence-corrected chi connectivity index (χ1v) is 9.51. The highest BCUT2D eigenvalue weighted by atomic mass is 16.6. The second kappa shape index (κ2) is 11.3. The van der Waals surface area contributed by atoms with Crippen molar-refractivity contribution >= 4 is 10.9 Å². The molecule has 2 heterocycles. The van der Waals surface area contributed by atoms with Gasteiger partial charge in [0.25, 0.3) is 0 Å². The van der Waals surface area contributed by atoms with Crippen LogP contribution in [0.4, 0.5) is 0 Å². The maximum absolute atomic E-state index is 5.69. The number of hydrogen-bond acceptors (Lipinski definition) is 5. The molecule has 1 fully saturated rings. The molecule has 1 aliphatic rings. The van der Waals surface area contributed by atoms with Gasteiger partial charge in [-0.15, -0.1) is 0 Å². The Bertz CT molecular complexity index is 615. The standard InChI is InChI=1S/C20H30N2O4/c1-2-20-19(3-5-21-20)17-18(1)4-6-22-7-9-23-11-13-25-15-16-26-14-12-24-10-8-22/h1-3,5,17,21H,4,6-16H2. The average molecular weight is 362 g/mol. The Labute approximate surface area is 155 Å². The lowest BCUT2D eigenvalue weighted by atomic mass is 10.1. The van der Waals surface area contributed by atoms with Gasteiger partial charge in [-0.2, -0.15) is 0 Å². The molecule has 144 valence electrons. The molecule has 1 saturated heterocycles. The molecule has 6 nitrogen and oxygen atoms in total. The Morgan fingerprint density at radius 3 is 2.04 bits per heavy atom. The smallest absolute Gasteiger partial charge is 0.0701 e. The number of rotatable bonds is 3. The summed E-state index contributed by atoms with van der Waals surface area (Å²) in [4.78, 5) is 5.65. The molecule has 0 bridgehead atoms. The van der Waals surface area contributed by atoms with Crippen LogP contribution >= 0.6 is 0 Å². The summed E-state index contributed by atoms with van der Waals surface area (Å²) < 4.78 is 22.3. The molecule has 1 aliphatic heterocycles. The summed E-state index contributed by atoms with van der Waals surface area (Å²) in [7, 11) is 0. The van der Waals surface area contributed by atoms with Crippen LogP contribution in [0.5, 0.6) is 0 Å². The highest BCUT2D eigenvalue weighted by molar-refractivity contribution is 5.79. The minimum atomic E-state index is 0.612. The van der Waals surface area contributed by atoms with Crippen molar-refractivity contribution in [2.75, 3.05) is 72.5 Å². The van der Waals surface area contributed by atoms with Gasteiger partial charge in [0.2, 0.25) is 0 Å². The fraction of sp³-hybridized carbons (Fsp3) is 0.600. The maximum Gasteiger partial charge on any atom is 0.0701 e. The molecular formula is C20H30N2O4. The molecule has 0 saturated carbocycles. The fourth-order valence-corrected chi connectivity index (χ4v) is 3.03. The molecule has 1 aromatic heterocycles. The number of ether oxygens (including phenoxy) is 4. The molecule has 26 heavy (non-hydrogen) atoms. The number of benzene rings is 1. The van der Waals surface area contributed by atoms with E-state index in [9.17, 15) is 0 Å². The molecular weight excluding hydrogens is 332 g/mol. The number of fused-ring (bicyclic) bond motifs is 1. The lowest BCUT2D eigenvalue weighted by Gasteiger charge is -2.22. The van der Waals surface area contributed by atoms with Gasteiger partial charge < -0.3 is 23.9 Å². The Balaban J connectivity index is 1.47. The highest BCUT2D eigenvalue weighted by Gasteiger charge is 2.07. The van der Waals surface area contributed by atoms with E-state index in [1.807, 2.05) is 6.20 Å². The van der Waals surface area contributed by atoms with Crippen molar-refractivity contribution in [2.24, 2.45) is 0 Å². The van der Waals surface area contributed by atoms with Crippen LogP contribution in [0.3, 0.4) is 0 Å². The molecule has 1 aromatic carbocycles. The van der Waals surface area contributed by atoms with Crippen molar-refractivity contribution in [1.82, 2.24) is 9.88 Å². The van der Waals surface area contributed by atoms with E-state index in [1.54, 1.807) is 0 Å². The van der Waals surface area contributed by atoms with Gasteiger partial charge in [-0.25, -0.2) is 0 Å². The zero-order valence-electron chi connectivity index (χ0n) is 15.5. The van der Waals surface area contributed by atoms with Crippen LogP contribution in [-0.4, -0.2) is 82.4 Å². The summed E-state index contributed by atoms with van der Waals surface area (Å²) in [6.07, 6.45) is 3.01. The van der Waals surface area contributed by atoms with Gasteiger partial charge >= 0.3 is 0 Å². The molecule has 0 atom stereocenters. The molecule has 6 heteroatoms. The van der Waals surface area contributed by atoms with Crippen LogP contribution in [-0.2, 0) is 25.4 Å². The lowest BCUT2D eigenvalue weighted by molar-refractivity contribution is 0.00206.